The second-order valence-corrected chi connectivity index (χ2v) is 8.43. The number of allylic oxidation sites excluding steroid dienone is 4. The van der Waals surface area contributed by atoms with Crippen molar-refractivity contribution in [3.63, 3.8) is 0 Å². The van der Waals surface area contributed by atoms with Crippen LogP contribution < -0.4 is 5.32 Å². The van der Waals surface area contributed by atoms with Crippen molar-refractivity contribution < 1.29 is 24.2 Å². The van der Waals surface area contributed by atoms with E-state index in [-0.39, 0.29) is 6.04 Å². The molecule has 1 heterocycles. The summed E-state index contributed by atoms with van der Waals surface area (Å²) in [6, 6.07) is 7.15. The van der Waals surface area contributed by atoms with Crippen LogP contribution in [-0.4, -0.2) is 41.1 Å². The lowest BCUT2D eigenvalue weighted by atomic mass is 9.68. The van der Waals surface area contributed by atoms with Crippen LogP contribution in [0.25, 0.3) is 0 Å². The Morgan fingerprint density at radius 3 is 2.55 bits per heavy atom. The van der Waals surface area contributed by atoms with Crippen molar-refractivity contribution in [1.29, 1.82) is 0 Å². The van der Waals surface area contributed by atoms with Crippen molar-refractivity contribution >= 4 is 17.9 Å². The maximum absolute atomic E-state index is 12.9. The number of nitrogens with one attached hydrogen (secondary N) is 1. The van der Waals surface area contributed by atoms with Crippen LogP contribution in [0.5, 0.6) is 0 Å². The van der Waals surface area contributed by atoms with Gasteiger partial charge in [0, 0.05) is 6.42 Å². The molecule has 2 aliphatic rings. The lowest BCUT2D eigenvalue weighted by molar-refractivity contribution is -0.177. The highest BCUT2D eigenvalue weighted by atomic mass is 16.5. The third kappa shape index (κ3) is 4.65. The molecule has 0 aromatic heterocycles. The zero-order chi connectivity index (χ0) is 22.6. The highest BCUT2D eigenvalue weighted by molar-refractivity contribution is 6.09. The van der Waals surface area contributed by atoms with Crippen LogP contribution in [0.3, 0.4) is 0 Å². The van der Waals surface area contributed by atoms with Gasteiger partial charge in [-0.1, -0.05) is 42.0 Å². The average molecular weight is 427 g/mol. The maximum atomic E-state index is 12.9. The van der Waals surface area contributed by atoms with Gasteiger partial charge in [-0.3, -0.25) is 4.79 Å². The summed E-state index contributed by atoms with van der Waals surface area (Å²) in [5, 5.41) is 12.5. The molecule has 0 spiro atoms. The van der Waals surface area contributed by atoms with Gasteiger partial charge in [0.1, 0.15) is 0 Å². The van der Waals surface area contributed by atoms with E-state index in [0.717, 1.165) is 35.5 Å². The van der Waals surface area contributed by atoms with E-state index in [0.29, 0.717) is 12.8 Å². The predicted molar refractivity (Wildman–Crippen MR) is 116 cm³/mol. The van der Waals surface area contributed by atoms with Gasteiger partial charge in [0.05, 0.1) is 24.3 Å². The van der Waals surface area contributed by atoms with Gasteiger partial charge in [-0.15, -0.1) is 0 Å². The molecule has 1 aliphatic carbocycles. The molecule has 1 fully saturated rings. The number of imide groups is 1. The highest BCUT2D eigenvalue weighted by Gasteiger charge is 2.63. The first-order valence-corrected chi connectivity index (χ1v) is 10.6. The summed E-state index contributed by atoms with van der Waals surface area (Å²) in [7, 11) is 1.66. The Bertz CT molecular complexity index is 908. The number of urea groups is 1. The van der Waals surface area contributed by atoms with Crippen LogP contribution in [0.4, 0.5) is 4.79 Å². The number of carbonyl (C=O) groups is 3. The lowest BCUT2D eigenvalue weighted by Crippen LogP contribution is -2.73. The van der Waals surface area contributed by atoms with Gasteiger partial charge in [-0.25, -0.2) is 14.5 Å². The van der Waals surface area contributed by atoms with Gasteiger partial charge in [0.15, 0.2) is 6.04 Å². The second kappa shape index (κ2) is 9.37. The first-order chi connectivity index (χ1) is 14.8. The standard InChI is InChI=1S/C24H30N2O5/c1-16(18-9-5-4-6-10-18)25-23(30)26-20(21(27)28)24(2,22(26)29)15-7-8-17-11-13-19(31-3)14-12-17/h4-6,9-11,13,16,20H,7-8,12,14-15H2,1-3H3,(H,25,30)(H,27,28). The number of methoxy groups -OCH3 is 1. The molecule has 7 heteroatoms. The Balaban J connectivity index is 1.61. The number of β-lactam (4-membered cyclic amide) rings is 1. The van der Waals surface area contributed by atoms with Crippen LogP contribution in [0.2, 0.25) is 0 Å². The Kier molecular flexibility index (Phi) is 6.83. The van der Waals surface area contributed by atoms with Crippen LogP contribution in [0.1, 0.15) is 57.6 Å². The Labute approximate surface area is 182 Å². The molecular weight excluding hydrogens is 396 g/mol. The molecule has 1 saturated heterocycles. The summed E-state index contributed by atoms with van der Waals surface area (Å²) >= 11 is 0. The molecule has 0 saturated carbocycles. The second-order valence-electron chi connectivity index (χ2n) is 8.43. The van der Waals surface area contributed by atoms with Gasteiger partial charge < -0.3 is 15.2 Å². The van der Waals surface area contributed by atoms with E-state index in [2.05, 4.69) is 5.32 Å². The number of carboxylic acid groups (broad SMARTS) is 1. The van der Waals surface area contributed by atoms with Crippen LogP contribution in [0, 0.1) is 5.41 Å². The third-order valence-electron chi connectivity index (χ3n) is 6.31. The fourth-order valence-corrected chi connectivity index (χ4v) is 4.37. The summed E-state index contributed by atoms with van der Waals surface area (Å²) < 4.78 is 5.23. The number of ether oxygens (including phenoxy) is 1. The summed E-state index contributed by atoms with van der Waals surface area (Å²) in [5.41, 5.74) is 1.06. The van der Waals surface area contributed by atoms with Crippen molar-refractivity contribution in [3.8, 4) is 0 Å². The van der Waals surface area contributed by atoms with Crippen molar-refractivity contribution in [2.75, 3.05) is 7.11 Å². The molecule has 166 valence electrons. The monoisotopic (exact) mass is 426 g/mol. The number of hydrogen-bond donors (Lipinski definition) is 2. The van der Waals surface area contributed by atoms with E-state index in [1.54, 1.807) is 21.0 Å². The molecule has 3 rings (SSSR count). The van der Waals surface area contributed by atoms with Crippen molar-refractivity contribution in [2.45, 2.75) is 58.0 Å². The van der Waals surface area contributed by atoms with E-state index in [1.165, 1.54) is 5.57 Å². The number of aliphatic carboxylic acids is 1. The van der Waals surface area contributed by atoms with Crippen molar-refractivity contribution in [1.82, 2.24) is 10.2 Å². The molecular formula is C24H30N2O5. The van der Waals surface area contributed by atoms with E-state index in [4.69, 9.17) is 4.74 Å². The van der Waals surface area contributed by atoms with E-state index in [9.17, 15) is 19.5 Å². The van der Waals surface area contributed by atoms with E-state index < -0.39 is 29.4 Å². The smallest absolute Gasteiger partial charge is 0.328 e. The van der Waals surface area contributed by atoms with E-state index >= 15 is 0 Å². The fourth-order valence-electron chi connectivity index (χ4n) is 4.37. The maximum Gasteiger partial charge on any atom is 0.328 e. The lowest BCUT2D eigenvalue weighted by Gasteiger charge is -2.51. The minimum Gasteiger partial charge on any atom is -0.501 e. The number of rotatable bonds is 8. The van der Waals surface area contributed by atoms with Gasteiger partial charge in [0.25, 0.3) is 0 Å². The third-order valence-corrected chi connectivity index (χ3v) is 6.31. The number of nitrogens with zero attached hydrogens (tertiary/aromatic N) is 1. The predicted octanol–water partition coefficient (Wildman–Crippen LogP) is 4.18. The molecule has 31 heavy (non-hydrogen) atoms. The number of benzene rings is 1. The van der Waals surface area contributed by atoms with Gasteiger partial charge in [-0.05, 0) is 51.2 Å². The highest BCUT2D eigenvalue weighted by Crippen LogP contribution is 2.44. The minimum absolute atomic E-state index is 0.342. The normalized spacial score (nSPS) is 23.9. The van der Waals surface area contributed by atoms with Crippen molar-refractivity contribution in [2.24, 2.45) is 5.41 Å². The summed E-state index contributed by atoms with van der Waals surface area (Å²) in [6.07, 6.45) is 7.63. The molecule has 1 aromatic carbocycles. The van der Waals surface area contributed by atoms with Crippen LogP contribution in [-0.2, 0) is 14.3 Å². The molecule has 7 nitrogen and oxygen atoms in total. The summed E-state index contributed by atoms with van der Waals surface area (Å²) in [6.45, 7) is 3.45. The fraction of sp³-hybridized carbons (Fsp3) is 0.458. The SMILES string of the molecule is COC1=CC=C(CCCC2(C)C(=O)N(C(=O)NC(C)c3ccccc3)C2C(=O)O)CC1. The molecule has 3 atom stereocenters. The zero-order valence-electron chi connectivity index (χ0n) is 18.3. The largest absolute Gasteiger partial charge is 0.501 e. The quantitative estimate of drug-likeness (QED) is 0.608. The molecule has 3 amide bonds. The minimum atomic E-state index is -1.16. The van der Waals surface area contributed by atoms with Gasteiger partial charge in [-0.2, -0.15) is 0 Å². The summed E-state index contributed by atoms with van der Waals surface area (Å²) in [4.78, 5) is 38.4. The number of carboxylic acids is 1. The molecule has 3 unspecified atom stereocenters. The molecule has 1 aliphatic heterocycles. The number of carbonyl (C=O) groups excluding carboxylic acids is 2. The molecule has 2 N–H and O–H groups in total. The Hall–Kier alpha value is -3.09. The Morgan fingerprint density at radius 2 is 1.97 bits per heavy atom. The van der Waals surface area contributed by atoms with Gasteiger partial charge in [0.2, 0.25) is 5.91 Å². The molecule has 0 bridgehead atoms. The average Bonchev–Trinajstić information content (AvgIpc) is 2.77. The van der Waals surface area contributed by atoms with Gasteiger partial charge >= 0.3 is 12.0 Å². The Morgan fingerprint density at radius 1 is 1.26 bits per heavy atom. The molecule has 0 radical (unpaired) electrons. The van der Waals surface area contributed by atoms with Crippen molar-refractivity contribution in [3.05, 3.63) is 59.4 Å². The number of hydrogen-bond acceptors (Lipinski definition) is 4. The van der Waals surface area contributed by atoms with Crippen LogP contribution in [0.15, 0.2) is 53.8 Å². The zero-order valence-corrected chi connectivity index (χ0v) is 18.3. The topological polar surface area (TPSA) is 95.9 Å². The first-order valence-electron chi connectivity index (χ1n) is 10.6. The first kappa shape index (κ1) is 22.6. The van der Waals surface area contributed by atoms with E-state index in [1.807, 2.05) is 42.5 Å². The number of amides is 3. The summed E-state index contributed by atoms with van der Waals surface area (Å²) in [5.74, 6) is -0.645. The number of likely N-dealkylation sites (tertiary alicyclic amines) is 1. The molecule has 1 aromatic rings. The van der Waals surface area contributed by atoms with Crippen LogP contribution >= 0.6 is 0 Å².